The molecule has 0 saturated carbocycles. The number of hydrogen-bond donors (Lipinski definition) is 1. The molecule has 1 aromatic rings. The molecule has 0 spiro atoms. The maximum atomic E-state index is 12.8. The lowest BCUT2D eigenvalue weighted by molar-refractivity contribution is -0.123. The Balaban J connectivity index is 1.29. The van der Waals surface area contributed by atoms with Gasteiger partial charge in [0.25, 0.3) is 0 Å². The normalized spacial score (nSPS) is 28.8. The molecule has 4 rings (SSSR count). The van der Waals surface area contributed by atoms with Crippen molar-refractivity contribution in [3.8, 4) is 0 Å². The van der Waals surface area contributed by atoms with Crippen molar-refractivity contribution in [2.45, 2.75) is 83.6 Å². The van der Waals surface area contributed by atoms with Crippen molar-refractivity contribution in [2.24, 2.45) is 0 Å². The topological polar surface area (TPSA) is 44.8 Å². The molecule has 5 nitrogen and oxygen atoms in total. The number of nitrogens with zero attached hydrogens (tertiary/aromatic N) is 2. The number of amides is 1. The van der Waals surface area contributed by atoms with Gasteiger partial charge in [0.1, 0.15) is 0 Å². The lowest BCUT2D eigenvalue weighted by atomic mass is 9.89. The van der Waals surface area contributed by atoms with E-state index in [4.69, 9.17) is 4.74 Å². The van der Waals surface area contributed by atoms with Crippen LogP contribution in [0.15, 0.2) is 18.2 Å². The molecule has 5 heteroatoms. The highest BCUT2D eigenvalue weighted by molar-refractivity contribution is 5.78. The van der Waals surface area contributed by atoms with Crippen LogP contribution in [0.3, 0.4) is 0 Å². The van der Waals surface area contributed by atoms with Crippen molar-refractivity contribution < 1.29 is 9.53 Å². The predicted molar refractivity (Wildman–Crippen MR) is 121 cm³/mol. The maximum Gasteiger partial charge on any atom is 0.234 e. The maximum absolute atomic E-state index is 12.8. The first-order valence-electron chi connectivity index (χ1n) is 12.0. The summed E-state index contributed by atoms with van der Waals surface area (Å²) >= 11 is 0. The Morgan fingerprint density at radius 1 is 1.13 bits per heavy atom. The highest BCUT2D eigenvalue weighted by Crippen LogP contribution is 2.25. The zero-order valence-corrected chi connectivity index (χ0v) is 19.0. The lowest BCUT2D eigenvalue weighted by Crippen LogP contribution is -2.51. The minimum Gasteiger partial charge on any atom is -0.373 e. The first-order chi connectivity index (χ1) is 14.5. The average Bonchev–Trinajstić information content (AvgIpc) is 3.13. The van der Waals surface area contributed by atoms with E-state index in [2.05, 4.69) is 54.1 Å². The number of fused-ring (bicyclic) bond motifs is 1. The third-order valence-electron chi connectivity index (χ3n) is 7.06. The molecule has 2 heterocycles. The van der Waals surface area contributed by atoms with Crippen LogP contribution in [-0.4, -0.2) is 66.7 Å². The fourth-order valence-electron chi connectivity index (χ4n) is 5.62. The third-order valence-corrected chi connectivity index (χ3v) is 7.06. The summed E-state index contributed by atoms with van der Waals surface area (Å²) in [4.78, 5) is 17.7. The van der Waals surface area contributed by atoms with Crippen LogP contribution >= 0.6 is 0 Å². The van der Waals surface area contributed by atoms with E-state index in [1.54, 1.807) is 0 Å². The minimum atomic E-state index is 0.0618. The fraction of sp³-hybridized carbons (Fsp3) is 0.720. The van der Waals surface area contributed by atoms with E-state index in [1.165, 1.54) is 55.2 Å². The van der Waals surface area contributed by atoms with Gasteiger partial charge >= 0.3 is 0 Å². The number of hydrogen-bond acceptors (Lipinski definition) is 4. The van der Waals surface area contributed by atoms with Crippen LogP contribution in [-0.2, 0) is 22.4 Å². The standard InChI is InChI=1S/C25H39N3O2/c1-18-14-27(15-19(2)30-18)16-24-9-6-12-28(24)17-25(29)26-20(3)22-11-10-21-7-4-5-8-23(21)13-22/h10-11,13,18-20,24H,4-9,12,14-17H2,1-3H3,(H,26,29)/t18-,19+,20-,24-/m0/s1. The van der Waals surface area contributed by atoms with Crippen molar-refractivity contribution >= 4 is 5.91 Å². The predicted octanol–water partition coefficient (Wildman–Crippen LogP) is 3.32. The molecule has 2 saturated heterocycles. The molecule has 0 bridgehead atoms. The van der Waals surface area contributed by atoms with Gasteiger partial charge in [0.15, 0.2) is 0 Å². The Hall–Kier alpha value is -1.43. The van der Waals surface area contributed by atoms with Crippen LogP contribution < -0.4 is 5.32 Å². The molecule has 0 radical (unpaired) electrons. The van der Waals surface area contributed by atoms with Crippen LogP contribution in [0, 0.1) is 0 Å². The second-order valence-electron chi connectivity index (χ2n) is 9.77. The van der Waals surface area contributed by atoms with Crippen LogP contribution in [0.25, 0.3) is 0 Å². The quantitative estimate of drug-likeness (QED) is 0.777. The minimum absolute atomic E-state index is 0.0618. The molecule has 166 valence electrons. The summed E-state index contributed by atoms with van der Waals surface area (Å²) in [5, 5.41) is 3.25. The number of likely N-dealkylation sites (tertiary alicyclic amines) is 1. The second-order valence-corrected chi connectivity index (χ2v) is 9.77. The molecule has 30 heavy (non-hydrogen) atoms. The van der Waals surface area contributed by atoms with Gasteiger partial charge in [0.05, 0.1) is 24.8 Å². The van der Waals surface area contributed by atoms with Crippen LogP contribution in [0.5, 0.6) is 0 Å². The number of carbonyl (C=O) groups excluding carboxylic acids is 1. The summed E-state index contributed by atoms with van der Waals surface area (Å²) in [6, 6.07) is 7.33. The number of nitrogens with one attached hydrogen (secondary N) is 1. The van der Waals surface area contributed by atoms with E-state index in [-0.39, 0.29) is 11.9 Å². The summed E-state index contributed by atoms with van der Waals surface area (Å²) in [5.74, 6) is 0.149. The van der Waals surface area contributed by atoms with Crippen molar-refractivity contribution in [1.29, 1.82) is 0 Å². The van der Waals surface area contributed by atoms with Gasteiger partial charge in [0, 0.05) is 25.7 Å². The molecule has 0 aromatic heterocycles. The zero-order valence-electron chi connectivity index (χ0n) is 19.0. The fourth-order valence-corrected chi connectivity index (χ4v) is 5.62. The van der Waals surface area contributed by atoms with Crippen LogP contribution in [0.4, 0.5) is 0 Å². The number of aryl methyl sites for hydroxylation is 2. The molecule has 4 atom stereocenters. The summed E-state index contributed by atoms with van der Waals surface area (Å²) in [7, 11) is 0. The Morgan fingerprint density at radius 3 is 2.63 bits per heavy atom. The largest absolute Gasteiger partial charge is 0.373 e. The van der Waals surface area contributed by atoms with E-state index in [9.17, 15) is 4.79 Å². The van der Waals surface area contributed by atoms with Gasteiger partial charge in [-0.25, -0.2) is 0 Å². The smallest absolute Gasteiger partial charge is 0.234 e. The van der Waals surface area contributed by atoms with Crippen molar-refractivity contribution in [3.05, 3.63) is 34.9 Å². The Kier molecular flexibility index (Phi) is 7.12. The monoisotopic (exact) mass is 413 g/mol. The number of morpholine rings is 1. The molecular formula is C25H39N3O2. The van der Waals surface area contributed by atoms with Gasteiger partial charge in [-0.2, -0.15) is 0 Å². The molecule has 1 N–H and O–H groups in total. The van der Waals surface area contributed by atoms with Crippen molar-refractivity contribution in [2.75, 3.05) is 32.7 Å². The highest BCUT2D eigenvalue weighted by Gasteiger charge is 2.31. The first kappa shape index (κ1) is 21.8. The van der Waals surface area contributed by atoms with E-state index in [0.29, 0.717) is 24.8 Å². The SMILES string of the molecule is C[C@@H]1CN(C[C@@H]2CCCN2CC(=O)N[C@@H](C)c2ccc3c(c2)CCCC3)C[C@H](C)O1. The number of carbonyl (C=O) groups is 1. The molecule has 3 aliphatic rings. The van der Waals surface area contributed by atoms with Crippen LogP contribution in [0.2, 0.25) is 0 Å². The van der Waals surface area contributed by atoms with Gasteiger partial charge in [-0.15, -0.1) is 0 Å². The molecule has 2 fully saturated rings. The first-order valence-corrected chi connectivity index (χ1v) is 12.0. The molecule has 1 amide bonds. The van der Waals surface area contributed by atoms with Crippen molar-refractivity contribution in [3.63, 3.8) is 0 Å². The molecule has 1 aliphatic carbocycles. The number of rotatable bonds is 6. The molecule has 1 aromatic carbocycles. The van der Waals surface area contributed by atoms with E-state index in [1.807, 2.05) is 0 Å². The summed E-state index contributed by atoms with van der Waals surface area (Å²) < 4.78 is 5.87. The molecule has 0 unspecified atom stereocenters. The van der Waals surface area contributed by atoms with Gasteiger partial charge < -0.3 is 10.1 Å². The van der Waals surface area contributed by atoms with E-state index in [0.717, 1.165) is 26.2 Å². The highest BCUT2D eigenvalue weighted by atomic mass is 16.5. The second kappa shape index (κ2) is 9.80. The molecular weight excluding hydrogens is 374 g/mol. The Labute approximate surface area is 182 Å². The summed E-state index contributed by atoms with van der Waals surface area (Å²) in [6.45, 7) is 11.0. The Morgan fingerprint density at radius 2 is 1.87 bits per heavy atom. The van der Waals surface area contributed by atoms with E-state index < -0.39 is 0 Å². The third kappa shape index (κ3) is 5.43. The summed E-state index contributed by atoms with van der Waals surface area (Å²) in [5.41, 5.74) is 4.21. The number of benzene rings is 1. The molecule has 2 aliphatic heterocycles. The zero-order chi connectivity index (χ0) is 21.1. The van der Waals surface area contributed by atoms with Gasteiger partial charge in [0.2, 0.25) is 5.91 Å². The van der Waals surface area contributed by atoms with Crippen LogP contribution in [0.1, 0.15) is 69.2 Å². The average molecular weight is 414 g/mol. The van der Waals surface area contributed by atoms with Gasteiger partial charge in [-0.05, 0) is 82.5 Å². The van der Waals surface area contributed by atoms with Gasteiger partial charge in [-0.3, -0.25) is 14.6 Å². The van der Waals surface area contributed by atoms with Gasteiger partial charge in [-0.1, -0.05) is 18.2 Å². The summed E-state index contributed by atoms with van der Waals surface area (Å²) in [6.07, 6.45) is 7.94. The number of ether oxygens (including phenoxy) is 1. The Bertz CT molecular complexity index is 727. The van der Waals surface area contributed by atoms with E-state index >= 15 is 0 Å². The lowest BCUT2D eigenvalue weighted by Gasteiger charge is -2.38. The van der Waals surface area contributed by atoms with Crippen molar-refractivity contribution in [1.82, 2.24) is 15.1 Å².